The van der Waals surface area contributed by atoms with Crippen LogP contribution in [-0.2, 0) is 0 Å². The van der Waals surface area contributed by atoms with Gasteiger partial charge in [-0.05, 0) is 37.3 Å². The van der Waals surface area contributed by atoms with Crippen LogP contribution in [0.25, 0.3) is 33.3 Å². The molecule has 0 aliphatic heterocycles. The molecule has 0 bridgehead atoms. The fourth-order valence-corrected chi connectivity index (χ4v) is 3.56. The lowest BCUT2D eigenvalue weighted by Gasteiger charge is -2.19. The molecule has 0 aliphatic rings. The highest BCUT2D eigenvalue weighted by Gasteiger charge is 2.21. The molecule has 0 amide bonds. The number of hydrogen-bond donors (Lipinski definition) is 2. The second-order valence-electron chi connectivity index (χ2n) is 7.05. The predicted molar refractivity (Wildman–Crippen MR) is 111 cm³/mol. The quantitative estimate of drug-likeness (QED) is 0.420. The minimum absolute atomic E-state index is 0.0543. The largest absolute Gasteiger partial charge is 0.362 e. The lowest BCUT2D eigenvalue weighted by Crippen LogP contribution is -2.11. The van der Waals surface area contributed by atoms with Crippen LogP contribution in [0.2, 0.25) is 0 Å². The summed E-state index contributed by atoms with van der Waals surface area (Å²) < 4.78 is 43.0. The maximum atomic E-state index is 14.6. The topological polar surface area (TPSA) is 79.4 Å². The van der Waals surface area contributed by atoms with E-state index in [0.29, 0.717) is 27.9 Å². The first-order valence-electron chi connectivity index (χ1n) is 9.46. The summed E-state index contributed by atoms with van der Waals surface area (Å²) in [5.41, 5.74) is 1.80. The van der Waals surface area contributed by atoms with Crippen LogP contribution in [0.1, 0.15) is 18.5 Å². The number of benzene rings is 2. The minimum Gasteiger partial charge on any atom is -0.362 e. The number of nitrogens with zero attached hydrogens (tertiary/aromatic N) is 4. The second kappa shape index (κ2) is 7.35. The van der Waals surface area contributed by atoms with Crippen LogP contribution in [0.3, 0.4) is 0 Å². The highest BCUT2D eigenvalue weighted by molar-refractivity contribution is 5.85. The Labute approximate surface area is 174 Å². The molecule has 6 nitrogen and oxygen atoms in total. The van der Waals surface area contributed by atoms with Gasteiger partial charge >= 0.3 is 0 Å². The van der Waals surface area contributed by atoms with Crippen molar-refractivity contribution in [2.24, 2.45) is 0 Å². The van der Waals surface area contributed by atoms with E-state index in [1.807, 2.05) is 6.92 Å². The van der Waals surface area contributed by atoms with Crippen molar-refractivity contribution in [2.45, 2.75) is 13.0 Å². The minimum atomic E-state index is -0.658. The summed E-state index contributed by atoms with van der Waals surface area (Å²) >= 11 is 0. The summed E-state index contributed by atoms with van der Waals surface area (Å²) in [6.45, 7) is 1.82. The highest BCUT2D eigenvalue weighted by Crippen LogP contribution is 2.34. The smallest absolute Gasteiger partial charge is 0.162 e. The summed E-state index contributed by atoms with van der Waals surface area (Å²) in [5, 5.41) is 3.77. The summed E-state index contributed by atoms with van der Waals surface area (Å²) in [5.74, 6) is -1.36. The van der Waals surface area contributed by atoms with Gasteiger partial charge in [-0.15, -0.1) is 0 Å². The van der Waals surface area contributed by atoms with Gasteiger partial charge in [0.15, 0.2) is 11.5 Å². The lowest BCUT2D eigenvalue weighted by molar-refractivity contribution is 0.602. The van der Waals surface area contributed by atoms with Crippen molar-refractivity contribution in [1.29, 1.82) is 0 Å². The van der Waals surface area contributed by atoms with Gasteiger partial charge in [0.05, 0.1) is 18.1 Å². The molecule has 154 valence electrons. The highest BCUT2D eigenvalue weighted by atomic mass is 19.1. The third-order valence-electron chi connectivity index (χ3n) is 5.05. The second-order valence-corrected chi connectivity index (χ2v) is 7.05. The van der Waals surface area contributed by atoms with Crippen molar-refractivity contribution >= 4 is 27.9 Å². The monoisotopic (exact) mass is 420 g/mol. The Balaban J connectivity index is 1.69. The molecule has 31 heavy (non-hydrogen) atoms. The molecule has 0 fully saturated rings. The molecule has 2 aromatic carbocycles. The number of nitrogens with one attached hydrogen (secondary N) is 2. The van der Waals surface area contributed by atoms with Crippen LogP contribution >= 0.6 is 0 Å². The lowest BCUT2D eigenvalue weighted by atomic mass is 9.98. The Bertz CT molecular complexity index is 1430. The number of para-hydroxylation sites is 1. The molecule has 2 N–H and O–H groups in total. The number of aromatic amines is 1. The van der Waals surface area contributed by atoms with E-state index < -0.39 is 23.5 Å². The Hall–Kier alpha value is -4.01. The number of hydrogen-bond acceptors (Lipinski definition) is 5. The molecule has 0 aliphatic carbocycles. The number of H-pyrrole nitrogens is 1. The van der Waals surface area contributed by atoms with Crippen LogP contribution in [0.15, 0.2) is 55.1 Å². The fraction of sp³-hybridized carbons (Fsp3) is 0.0909. The van der Waals surface area contributed by atoms with Gasteiger partial charge in [-0.1, -0.05) is 12.1 Å². The third kappa shape index (κ3) is 3.33. The number of halogens is 3. The molecular formula is C22H15F3N6. The molecule has 5 aromatic rings. The molecule has 0 saturated heterocycles. The van der Waals surface area contributed by atoms with Gasteiger partial charge in [-0.2, -0.15) is 0 Å². The van der Waals surface area contributed by atoms with Gasteiger partial charge in [-0.3, -0.25) is 0 Å². The van der Waals surface area contributed by atoms with Gasteiger partial charge in [0.2, 0.25) is 0 Å². The van der Waals surface area contributed by atoms with Gasteiger partial charge in [0.1, 0.15) is 34.8 Å². The average Bonchev–Trinajstić information content (AvgIpc) is 3.25. The number of pyridine rings is 1. The average molecular weight is 420 g/mol. The summed E-state index contributed by atoms with van der Waals surface area (Å²) in [4.78, 5) is 19.8. The molecule has 0 spiro atoms. The molecule has 1 atom stereocenters. The Morgan fingerprint density at radius 2 is 1.81 bits per heavy atom. The van der Waals surface area contributed by atoms with Crippen molar-refractivity contribution in [2.75, 3.05) is 5.32 Å². The molecule has 0 unspecified atom stereocenters. The summed E-state index contributed by atoms with van der Waals surface area (Å²) in [7, 11) is 0. The fourth-order valence-electron chi connectivity index (χ4n) is 3.56. The van der Waals surface area contributed by atoms with E-state index >= 15 is 0 Å². The molecule has 9 heteroatoms. The van der Waals surface area contributed by atoms with Crippen LogP contribution in [0.4, 0.5) is 19.0 Å². The van der Waals surface area contributed by atoms with Crippen LogP contribution in [0.5, 0.6) is 0 Å². The zero-order valence-corrected chi connectivity index (χ0v) is 16.2. The van der Waals surface area contributed by atoms with E-state index in [0.717, 1.165) is 18.2 Å². The zero-order valence-electron chi connectivity index (χ0n) is 16.2. The zero-order chi connectivity index (χ0) is 21.5. The van der Waals surface area contributed by atoms with Gasteiger partial charge in [0, 0.05) is 16.5 Å². The first-order valence-corrected chi connectivity index (χ1v) is 9.46. The maximum absolute atomic E-state index is 14.6. The van der Waals surface area contributed by atoms with Gasteiger partial charge < -0.3 is 10.3 Å². The Morgan fingerprint density at radius 3 is 2.68 bits per heavy atom. The van der Waals surface area contributed by atoms with Crippen LogP contribution in [-0.4, -0.2) is 24.9 Å². The number of rotatable bonds is 4. The van der Waals surface area contributed by atoms with Crippen molar-refractivity contribution < 1.29 is 13.2 Å². The SMILES string of the molecule is C[C@H](Nc1ncnc2[nH]cnc12)c1cc2cccc(F)c2nc1-c1cc(F)ccc1F. The summed E-state index contributed by atoms with van der Waals surface area (Å²) in [6.07, 6.45) is 2.89. The normalized spacial score (nSPS) is 12.4. The first-order chi connectivity index (χ1) is 15.0. The molecule has 0 saturated carbocycles. The van der Waals surface area contributed by atoms with Crippen molar-refractivity contribution in [3.8, 4) is 11.3 Å². The van der Waals surface area contributed by atoms with Crippen molar-refractivity contribution in [3.63, 3.8) is 0 Å². The van der Waals surface area contributed by atoms with E-state index in [2.05, 4.69) is 30.2 Å². The summed E-state index contributed by atoms with van der Waals surface area (Å²) in [6, 6.07) is 8.92. The van der Waals surface area contributed by atoms with E-state index in [9.17, 15) is 13.2 Å². The van der Waals surface area contributed by atoms with Crippen molar-refractivity contribution in [3.05, 3.63) is 78.1 Å². The first kappa shape index (κ1) is 19.0. The van der Waals surface area contributed by atoms with Crippen molar-refractivity contribution in [1.82, 2.24) is 24.9 Å². The molecular weight excluding hydrogens is 405 g/mol. The molecule has 3 heterocycles. The standard InChI is InChI=1S/C22H15F3N6/c1-11(30-22-20-21(27-9-26-20)28-10-29-22)14-7-12-3-2-4-17(25)18(12)31-19(14)15-8-13(23)5-6-16(15)24/h2-11H,1H3,(H2,26,27,28,29,30)/t11-/m0/s1. The van der Waals surface area contributed by atoms with Gasteiger partial charge in [-0.25, -0.2) is 33.1 Å². The van der Waals surface area contributed by atoms with E-state index in [4.69, 9.17) is 0 Å². The number of aromatic nitrogens is 5. The molecule has 0 radical (unpaired) electrons. The number of anilines is 1. The van der Waals surface area contributed by atoms with E-state index in [1.54, 1.807) is 18.2 Å². The Morgan fingerprint density at radius 1 is 0.935 bits per heavy atom. The van der Waals surface area contributed by atoms with E-state index in [1.165, 1.54) is 18.7 Å². The van der Waals surface area contributed by atoms with Gasteiger partial charge in [0.25, 0.3) is 0 Å². The number of fused-ring (bicyclic) bond motifs is 2. The Kier molecular flexibility index (Phi) is 4.50. The molecule has 5 rings (SSSR count). The van der Waals surface area contributed by atoms with Crippen LogP contribution in [0, 0.1) is 17.5 Å². The molecule has 3 aromatic heterocycles. The predicted octanol–water partition coefficient (Wildman–Crippen LogP) is 5.16. The number of imidazole rings is 1. The maximum Gasteiger partial charge on any atom is 0.162 e. The van der Waals surface area contributed by atoms with E-state index in [-0.39, 0.29) is 16.8 Å². The van der Waals surface area contributed by atoms with Crippen LogP contribution < -0.4 is 5.32 Å². The third-order valence-corrected chi connectivity index (χ3v) is 5.05.